The molecule has 0 fully saturated rings. The number of benzene rings is 1. The lowest BCUT2D eigenvalue weighted by atomic mass is 10.0. The zero-order chi connectivity index (χ0) is 12.7. The van der Waals surface area contributed by atoms with Gasteiger partial charge in [0.1, 0.15) is 0 Å². The molecule has 0 aliphatic carbocycles. The largest absolute Gasteiger partial charge is 0.388 e. The fourth-order valence-electron chi connectivity index (χ4n) is 2.02. The predicted octanol–water partition coefficient (Wildman–Crippen LogP) is 4.99. The highest BCUT2D eigenvalue weighted by molar-refractivity contribution is 14.1. The minimum Gasteiger partial charge on any atom is -0.388 e. The zero-order valence-corrected chi connectivity index (χ0v) is 13.0. The van der Waals surface area contributed by atoms with Crippen LogP contribution in [0.25, 0.3) is 0 Å². The van der Waals surface area contributed by atoms with E-state index in [1.807, 2.05) is 12.1 Å². The van der Waals surface area contributed by atoms with E-state index in [4.69, 9.17) is 0 Å². The van der Waals surface area contributed by atoms with Crippen LogP contribution in [-0.4, -0.2) is 5.11 Å². The highest BCUT2D eigenvalue weighted by Crippen LogP contribution is 2.26. The lowest BCUT2D eigenvalue weighted by Gasteiger charge is -2.14. The second-order valence-corrected chi connectivity index (χ2v) is 5.78. The second kappa shape index (κ2) is 8.09. The van der Waals surface area contributed by atoms with E-state index in [0.717, 1.165) is 18.4 Å². The molecule has 1 unspecified atom stereocenters. The van der Waals surface area contributed by atoms with Gasteiger partial charge >= 0.3 is 0 Å². The molecule has 0 aliphatic heterocycles. The van der Waals surface area contributed by atoms with Crippen molar-refractivity contribution in [3.63, 3.8) is 0 Å². The highest BCUT2D eigenvalue weighted by Gasteiger charge is 2.11. The summed E-state index contributed by atoms with van der Waals surface area (Å²) in [4.78, 5) is 0. The molecule has 0 saturated heterocycles. The fraction of sp³-hybridized carbons (Fsp3) is 0.600. The molecule has 1 aromatic carbocycles. The molecule has 1 N–H and O–H groups in total. The van der Waals surface area contributed by atoms with Crippen molar-refractivity contribution in [2.75, 3.05) is 0 Å². The Labute approximate surface area is 119 Å². The average Bonchev–Trinajstić information content (AvgIpc) is 2.32. The van der Waals surface area contributed by atoms with Crippen LogP contribution in [-0.2, 0) is 0 Å². The number of unbranched alkanes of at least 4 members (excludes halogenated alkanes) is 4. The van der Waals surface area contributed by atoms with Gasteiger partial charge in [-0.3, -0.25) is 0 Å². The van der Waals surface area contributed by atoms with E-state index in [1.54, 1.807) is 0 Å². The van der Waals surface area contributed by atoms with Crippen LogP contribution in [0.1, 0.15) is 62.7 Å². The van der Waals surface area contributed by atoms with Gasteiger partial charge in [-0.25, -0.2) is 0 Å². The Morgan fingerprint density at radius 3 is 2.59 bits per heavy atom. The molecule has 1 nitrogen and oxygen atoms in total. The first-order valence-corrected chi connectivity index (χ1v) is 7.67. The molecular formula is C15H23IO. The molecule has 17 heavy (non-hydrogen) atoms. The summed E-state index contributed by atoms with van der Waals surface area (Å²) in [5.41, 5.74) is 2.36. The van der Waals surface area contributed by atoms with Gasteiger partial charge in [-0.1, -0.05) is 57.2 Å². The van der Waals surface area contributed by atoms with E-state index >= 15 is 0 Å². The van der Waals surface area contributed by atoms with Crippen LogP contribution in [0.4, 0.5) is 0 Å². The molecule has 0 spiro atoms. The molecule has 0 aliphatic rings. The van der Waals surface area contributed by atoms with Gasteiger partial charge in [-0.05, 0) is 47.1 Å². The van der Waals surface area contributed by atoms with E-state index in [-0.39, 0.29) is 6.10 Å². The fourth-order valence-corrected chi connectivity index (χ4v) is 2.74. The van der Waals surface area contributed by atoms with Crippen LogP contribution >= 0.6 is 22.6 Å². The summed E-state index contributed by atoms with van der Waals surface area (Å²) in [5.74, 6) is 0. The SMILES string of the molecule is CCCCCCCC(O)c1cccc(C)c1I. The Bertz CT molecular complexity index is 336. The van der Waals surface area contributed by atoms with Crippen molar-refractivity contribution in [3.8, 4) is 0 Å². The van der Waals surface area contributed by atoms with Gasteiger partial charge in [-0.15, -0.1) is 0 Å². The topological polar surface area (TPSA) is 20.2 Å². The Morgan fingerprint density at radius 2 is 1.88 bits per heavy atom. The lowest BCUT2D eigenvalue weighted by molar-refractivity contribution is 0.162. The molecule has 0 radical (unpaired) electrons. The molecule has 1 rings (SSSR count). The minimum atomic E-state index is -0.288. The maximum absolute atomic E-state index is 10.2. The monoisotopic (exact) mass is 346 g/mol. The molecule has 2 heteroatoms. The van der Waals surface area contributed by atoms with Crippen molar-refractivity contribution in [3.05, 3.63) is 32.9 Å². The van der Waals surface area contributed by atoms with Crippen LogP contribution in [0, 0.1) is 10.5 Å². The van der Waals surface area contributed by atoms with E-state index in [1.165, 1.54) is 34.8 Å². The zero-order valence-electron chi connectivity index (χ0n) is 10.9. The lowest BCUT2D eigenvalue weighted by Crippen LogP contribution is -2.01. The number of halogens is 1. The molecule has 1 aromatic rings. The summed E-state index contributed by atoms with van der Waals surface area (Å²) in [6.07, 6.45) is 6.87. The van der Waals surface area contributed by atoms with Crippen molar-refractivity contribution in [2.24, 2.45) is 0 Å². The van der Waals surface area contributed by atoms with Crippen molar-refractivity contribution >= 4 is 22.6 Å². The van der Waals surface area contributed by atoms with E-state index in [0.29, 0.717) is 0 Å². The van der Waals surface area contributed by atoms with Gasteiger partial charge < -0.3 is 5.11 Å². The Morgan fingerprint density at radius 1 is 1.18 bits per heavy atom. The molecule has 0 amide bonds. The second-order valence-electron chi connectivity index (χ2n) is 4.70. The standard InChI is InChI=1S/C15H23IO/c1-3-4-5-6-7-11-14(17)13-10-8-9-12(2)15(13)16/h8-10,14,17H,3-7,11H2,1-2H3. The van der Waals surface area contributed by atoms with E-state index in [9.17, 15) is 5.11 Å². The van der Waals surface area contributed by atoms with Gasteiger partial charge in [0, 0.05) is 3.57 Å². The van der Waals surface area contributed by atoms with Gasteiger partial charge in [0.25, 0.3) is 0 Å². The number of hydrogen-bond acceptors (Lipinski definition) is 1. The molecule has 96 valence electrons. The van der Waals surface area contributed by atoms with Crippen LogP contribution in [0.2, 0.25) is 0 Å². The maximum atomic E-state index is 10.2. The average molecular weight is 346 g/mol. The number of aliphatic hydroxyl groups is 1. The first-order chi connectivity index (χ1) is 8.16. The predicted molar refractivity (Wildman–Crippen MR) is 82.2 cm³/mol. The van der Waals surface area contributed by atoms with Gasteiger partial charge in [-0.2, -0.15) is 0 Å². The number of aliphatic hydroxyl groups excluding tert-OH is 1. The van der Waals surface area contributed by atoms with Crippen LogP contribution in [0.3, 0.4) is 0 Å². The molecule has 1 atom stereocenters. The van der Waals surface area contributed by atoms with Crippen molar-refractivity contribution in [1.82, 2.24) is 0 Å². The molecule has 0 saturated carbocycles. The number of hydrogen-bond donors (Lipinski definition) is 1. The minimum absolute atomic E-state index is 0.288. The summed E-state index contributed by atoms with van der Waals surface area (Å²) >= 11 is 2.33. The normalized spacial score (nSPS) is 12.7. The van der Waals surface area contributed by atoms with Crippen LogP contribution in [0.15, 0.2) is 18.2 Å². The molecule has 0 bridgehead atoms. The highest BCUT2D eigenvalue weighted by atomic mass is 127. The summed E-state index contributed by atoms with van der Waals surface area (Å²) in [6, 6.07) is 6.18. The first-order valence-electron chi connectivity index (χ1n) is 6.60. The van der Waals surface area contributed by atoms with Crippen LogP contribution < -0.4 is 0 Å². The Hall–Kier alpha value is -0.0900. The Balaban J connectivity index is 2.41. The van der Waals surface area contributed by atoms with Crippen LogP contribution in [0.5, 0.6) is 0 Å². The Kier molecular flexibility index (Phi) is 7.12. The van der Waals surface area contributed by atoms with Crippen molar-refractivity contribution < 1.29 is 5.11 Å². The first kappa shape index (κ1) is 15.0. The summed E-state index contributed by atoms with van der Waals surface area (Å²) < 4.78 is 1.21. The summed E-state index contributed by atoms with van der Waals surface area (Å²) in [7, 11) is 0. The molecule has 0 heterocycles. The van der Waals surface area contributed by atoms with E-state index < -0.39 is 0 Å². The summed E-state index contributed by atoms with van der Waals surface area (Å²) in [6.45, 7) is 4.32. The number of aryl methyl sites for hydroxylation is 1. The van der Waals surface area contributed by atoms with Crippen molar-refractivity contribution in [2.45, 2.75) is 58.5 Å². The smallest absolute Gasteiger partial charge is 0.0800 e. The third kappa shape index (κ3) is 4.96. The van der Waals surface area contributed by atoms with Gasteiger partial charge in [0.15, 0.2) is 0 Å². The van der Waals surface area contributed by atoms with Gasteiger partial charge in [0.05, 0.1) is 6.10 Å². The van der Waals surface area contributed by atoms with Gasteiger partial charge in [0.2, 0.25) is 0 Å². The quantitative estimate of drug-likeness (QED) is 0.545. The number of rotatable bonds is 7. The molecule has 0 aromatic heterocycles. The van der Waals surface area contributed by atoms with Crippen molar-refractivity contribution in [1.29, 1.82) is 0 Å². The third-order valence-corrected chi connectivity index (χ3v) is 4.64. The molecular weight excluding hydrogens is 323 g/mol. The maximum Gasteiger partial charge on any atom is 0.0800 e. The van der Waals surface area contributed by atoms with E-state index in [2.05, 4.69) is 42.5 Å². The summed E-state index contributed by atoms with van der Waals surface area (Å²) in [5, 5.41) is 10.2. The third-order valence-electron chi connectivity index (χ3n) is 3.16.